The highest BCUT2D eigenvalue weighted by Gasteiger charge is 2.10. The molecule has 1 heterocycles. The van der Waals surface area contributed by atoms with Crippen molar-refractivity contribution in [3.63, 3.8) is 0 Å². The van der Waals surface area contributed by atoms with Gasteiger partial charge in [0.05, 0.1) is 6.26 Å². The molecule has 1 aromatic heterocycles. The predicted molar refractivity (Wildman–Crippen MR) is 90.8 cm³/mol. The van der Waals surface area contributed by atoms with Crippen LogP contribution in [0.25, 0.3) is 6.08 Å². The Kier molecular flexibility index (Phi) is 6.62. The van der Waals surface area contributed by atoms with E-state index in [1.165, 1.54) is 24.5 Å². The topological polar surface area (TPSA) is 97.6 Å². The third-order valence-corrected chi connectivity index (χ3v) is 3.45. The number of carbonyl (C=O) groups excluding carboxylic acids is 3. The molecule has 0 saturated heterocycles. The minimum Gasteiger partial charge on any atom is -0.459 e. The number of hydrazine groups is 1. The number of esters is 1. The smallest absolute Gasteiger partial charge is 0.331 e. The van der Waals surface area contributed by atoms with Gasteiger partial charge in [-0.25, -0.2) is 4.79 Å². The Morgan fingerprint density at radius 1 is 1.08 bits per heavy atom. The second-order valence-corrected chi connectivity index (χ2v) is 5.37. The highest BCUT2D eigenvalue weighted by Crippen LogP contribution is 2.25. The highest BCUT2D eigenvalue weighted by atomic mass is 35.5. The van der Waals surface area contributed by atoms with Crippen molar-refractivity contribution in [3.8, 4) is 0 Å². The van der Waals surface area contributed by atoms with E-state index in [-0.39, 0.29) is 5.76 Å². The van der Waals surface area contributed by atoms with Crippen molar-refractivity contribution < 1.29 is 23.5 Å². The zero-order valence-corrected chi connectivity index (χ0v) is 14.1. The van der Waals surface area contributed by atoms with Crippen LogP contribution in [0.4, 0.5) is 0 Å². The molecule has 2 rings (SSSR count). The van der Waals surface area contributed by atoms with E-state index in [2.05, 4.69) is 10.9 Å². The molecule has 2 N–H and O–H groups in total. The molecule has 0 spiro atoms. The first kappa shape index (κ1) is 18.6. The minimum atomic E-state index is -0.775. The van der Waals surface area contributed by atoms with Crippen LogP contribution in [0.2, 0.25) is 10.0 Å². The lowest BCUT2D eigenvalue weighted by molar-refractivity contribution is -0.144. The molecule has 0 unspecified atom stereocenters. The number of hydrogen-bond donors (Lipinski definition) is 2. The summed E-state index contributed by atoms with van der Waals surface area (Å²) in [6.07, 6.45) is 3.78. The zero-order chi connectivity index (χ0) is 18.2. The molecule has 0 aliphatic carbocycles. The largest absolute Gasteiger partial charge is 0.459 e. The molecule has 25 heavy (non-hydrogen) atoms. The van der Waals surface area contributed by atoms with Crippen molar-refractivity contribution in [2.75, 3.05) is 6.61 Å². The van der Waals surface area contributed by atoms with Crippen LogP contribution in [-0.4, -0.2) is 24.4 Å². The van der Waals surface area contributed by atoms with E-state index in [9.17, 15) is 14.4 Å². The van der Waals surface area contributed by atoms with E-state index in [1.807, 2.05) is 0 Å². The number of hydrogen-bond acceptors (Lipinski definition) is 5. The van der Waals surface area contributed by atoms with Crippen molar-refractivity contribution in [3.05, 3.63) is 64.0 Å². The summed E-state index contributed by atoms with van der Waals surface area (Å²) in [4.78, 5) is 34.6. The van der Waals surface area contributed by atoms with E-state index in [0.717, 1.165) is 6.08 Å². The molecule has 0 aliphatic heterocycles. The van der Waals surface area contributed by atoms with Crippen LogP contribution in [-0.2, 0) is 14.3 Å². The van der Waals surface area contributed by atoms with Crippen molar-refractivity contribution >= 4 is 47.1 Å². The molecule has 2 amide bonds. The quantitative estimate of drug-likeness (QED) is 0.470. The van der Waals surface area contributed by atoms with Gasteiger partial charge in [0.15, 0.2) is 12.4 Å². The van der Waals surface area contributed by atoms with Gasteiger partial charge in [-0.15, -0.1) is 0 Å². The summed E-state index contributed by atoms with van der Waals surface area (Å²) in [7, 11) is 0. The average Bonchev–Trinajstić information content (AvgIpc) is 3.12. The number of amides is 2. The molecule has 0 fully saturated rings. The molecule has 0 aliphatic rings. The highest BCUT2D eigenvalue weighted by molar-refractivity contribution is 6.37. The average molecular weight is 383 g/mol. The number of benzene rings is 1. The van der Waals surface area contributed by atoms with Gasteiger partial charge < -0.3 is 9.15 Å². The van der Waals surface area contributed by atoms with Gasteiger partial charge in [0.25, 0.3) is 5.91 Å². The summed E-state index contributed by atoms with van der Waals surface area (Å²) in [5, 5.41) is 0.741. The first-order valence-corrected chi connectivity index (χ1v) is 7.64. The molecule has 2 aromatic rings. The minimum absolute atomic E-state index is 0.0249. The van der Waals surface area contributed by atoms with E-state index in [1.54, 1.807) is 18.2 Å². The molecule has 7 nitrogen and oxygen atoms in total. The predicted octanol–water partition coefficient (Wildman–Crippen LogP) is 2.60. The van der Waals surface area contributed by atoms with Gasteiger partial charge in [-0.1, -0.05) is 29.3 Å². The van der Waals surface area contributed by atoms with E-state index < -0.39 is 24.4 Å². The molecular weight excluding hydrogens is 371 g/mol. The molecule has 9 heteroatoms. The fourth-order valence-corrected chi connectivity index (χ4v) is 2.16. The summed E-state index contributed by atoms with van der Waals surface area (Å²) in [5.41, 5.74) is 4.64. The SMILES string of the molecule is O=C(COC(=O)/C=C/c1c(Cl)cccc1Cl)NNC(=O)c1ccco1. The van der Waals surface area contributed by atoms with Crippen LogP contribution >= 0.6 is 23.2 Å². The van der Waals surface area contributed by atoms with Crippen molar-refractivity contribution in [1.29, 1.82) is 0 Å². The fourth-order valence-electron chi connectivity index (χ4n) is 1.64. The Bertz CT molecular complexity index is 783. The molecule has 0 saturated carbocycles. The lowest BCUT2D eigenvalue weighted by Gasteiger charge is -2.06. The maximum absolute atomic E-state index is 11.6. The number of carbonyl (C=O) groups is 3. The van der Waals surface area contributed by atoms with Gasteiger partial charge in [0, 0.05) is 21.7 Å². The van der Waals surface area contributed by atoms with Gasteiger partial charge in [-0.3, -0.25) is 20.4 Å². The number of halogens is 2. The summed E-state index contributed by atoms with van der Waals surface area (Å²) in [5.74, 6) is -2.12. The monoisotopic (exact) mass is 382 g/mol. The third-order valence-electron chi connectivity index (χ3n) is 2.79. The maximum Gasteiger partial charge on any atom is 0.331 e. The van der Waals surface area contributed by atoms with E-state index >= 15 is 0 Å². The molecule has 1 aromatic carbocycles. The summed E-state index contributed by atoms with van der Waals surface area (Å²) in [6, 6.07) is 7.85. The Labute approximate surface area is 152 Å². The van der Waals surface area contributed by atoms with Crippen LogP contribution in [0.1, 0.15) is 16.1 Å². The summed E-state index contributed by atoms with van der Waals surface area (Å²) in [6.45, 7) is -0.585. The normalized spacial score (nSPS) is 10.5. The van der Waals surface area contributed by atoms with Gasteiger partial charge >= 0.3 is 11.9 Å². The third kappa shape index (κ3) is 5.66. The molecule has 0 radical (unpaired) electrons. The van der Waals surface area contributed by atoms with Crippen LogP contribution in [0.5, 0.6) is 0 Å². The van der Waals surface area contributed by atoms with Crippen LogP contribution in [0.3, 0.4) is 0 Å². The van der Waals surface area contributed by atoms with Crippen LogP contribution in [0.15, 0.2) is 47.1 Å². The van der Waals surface area contributed by atoms with Gasteiger partial charge in [-0.2, -0.15) is 0 Å². The Morgan fingerprint density at radius 2 is 1.80 bits per heavy atom. The van der Waals surface area contributed by atoms with Gasteiger partial charge in [-0.05, 0) is 30.3 Å². The molecular formula is C16H12Cl2N2O5. The first-order valence-electron chi connectivity index (χ1n) is 6.89. The standard InChI is InChI=1S/C16H12Cl2N2O5/c17-11-3-1-4-12(18)10(11)6-7-15(22)25-9-14(21)19-20-16(23)13-5-2-8-24-13/h1-8H,9H2,(H,19,21)(H,20,23)/b7-6+. The Morgan fingerprint density at radius 3 is 2.44 bits per heavy atom. The lowest BCUT2D eigenvalue weighted by atomic mass is 10.2. The van der Waals surface area contributed by atoms with Crippen molar-refractivity contribution in [2.45, 2.75) is 0 Å². The van der Waals surface area contributed by atoms with Crippen molar-refractivity contribution in [1.82, 2.24) is 10.9 Å². The lowest BCUT2D eigenvalue weighted by Crippen LogP contribution is -2.43. The van der Waals surface area contributed by atoms with E-state index in [4.69, 9.17) is 32.4 Å². The molecule has 0 atom stereocenters. The summed E-state index contributed by atoms with van der Waals surface area (Å²) >= 11 is 11.9. The van der Waals surface area contributed by atoms with E-state index in [0.29, 0.717) is 15.6 Å². The zero-order valence-electron chi connectivity index (χ0n) is 12.6. The second kappa shape index (κ2) is 8.91. The molecule has 0 bridgehead atoms. The number of rotatable bonds is 5. The maximum atomic E-state index is 11.6. The number of ether oxygens (including phenoxy) is 1. The van der Waals surface area contributed by atoms with Crippen molar-refractivity contribution in [2.24, 2.45) is 0 Å². The molecule has 130 valence electrons. The van der Waals surface area contributed by atoms with Crippen LogP contribution < -0.4 is 10.9 Å². The Hall–Kier alpha value is -2.77. The summed E-state index contributed by atoms with van der Waals surface area (Å²) < 4.78 is 9.57. The number of nitrogens with one attached hydrogen (secondary N) is 2. The Balaban J connectivity index is 1.77. The fraction of sp³-hybridized carbons (Fsp3) is 0.0625. The van der Waals surface area contributed by atoms with Gasteiger partial charge in [0.1, 0.15) is 0 Å². The second-order valence-electron chi connectivity index (χ2n) is 4.56. The van der Waals surface area contributed by atoms with Gasteiger partial charge in [0.2, 0.25) is 0 Å². The first-order chi connectivity index (χ1) is 12.0. The number of furan rings is 1. The van der Waals surface area contributed by atoms with Crippen LogP contribution in [0, 0.1) is 0 Å².